The van der Waals surface area contributed by atoms with Crippen molar-refractivity contribution < 1.29 is 15.0 Å². The van der Waals surface area contributed by atoms with Gasteiger partial charge in [-0.1, -0.05) is 0 Å². The van der Waals surface area contributed by atoms with Crippen molar-refractivity contribution in [3.63, 3.8) is 0 Å². The predicted molar refractivity (Wildman–Crippen MR) is 44.4 cm³/mol. The van der Waals surface area contributed by atoms with E-state index in [0.29, 0.717) is 0 Å². The van der Waals surface area contributed by atoms with Crippen LogP contribution >= 0.6 is 0 Å². The summed E-state index contributed by atoms with van der Waals surface area (Å²) in [6.45, 7) is 4.18. The minimum atomic E-state index is -1.83. The third kappa shape index (κ3) is 3.09. The van der Waals surface area contributed by atoms with Crippen LogP contribution in [0.4, 0.5) is 4.79 Å². The van der Waals surface area contributed by atoms with E-state index in [1.54, 1.807) is 0 Å². The number of carbonyl (C=O) groups is 1. The summed E-state index contributed by atoms with van der Waals surface area (Å²) in [6.07, 6.45) is 2.63. The van der Waals surface area contributed by atoms with Gasteiger partial charge in [-0.25, -0.2) is 4.79 Å². The van der Waals surface area contributed by atoms with Gasteiger partial charge >= 0.3 is 6.16 Å². The summed E-state index contributed by atoms with van der Waals surface area (Å²) in [5.41, 5.74) is 0. The molecular weight excluding hydrogens is 158 g/mol. The highest BCUT2D eigenvalue weighted by Gasteiger charge is 2.24. The summed E-state index contributed by atoms with van der Waals surface area (Å²) in [7, 11) is 0. The molecule has 3 aliphatic heterocycles. The molecule has 3 rings (SSSR count). The van der Waals surface area contributed by atoms with E-state index in [1.165, 1.54) is 38.9 Å². The first-order chi connectivity index (χ1) is 5.68. The SMILES string of the molecule is C1CN2CCC1CC2.O=C(O)O. The zero-order valence-corrected chi connectivity index (χ0v) is 7.07. The molecule has 0 spiro atoms. The molecular formula is C8H15NO3. The maximum absolute atomic E-state index is 8.56. The van der Waals surface area contributed by atoms with Crippen molar-refractivity contribution in [1.82, 2.24) is 4.90 Å². The third-order valence-electron chi connectivity index (χ3n) is 2.56. The lowest BCUT2D eigenvalue weighted by atomic mass is 9.89. The van der Waals surface area contributed by atoms with Crippen molar-refractivity contribution in [2.24, 2.45) is 5.92 Å². The second kappa shape index (κ2) is 4.30. The van der Waals surface area contributed by atoms with Crippen molar-refractivity contribution >= 4 is 6.16 Å². The van der Waals surface area contributed by atoms with E-state index in [4.69, 9.17) is 15.0 Å². The van der Waals surface area contributed by atoms with Crippen LogP contribution in [0, 0.1) is 5.92 Å². The number of rotatable bonds is 0. The first-order valence-corrected chi connectivity index (χ1v) is 4.32. The third-order valence-corrected chi connectivity index (χ3v) is 2.56. The van der Waals surface area contributed by atoms with Gasteiger partial charge in [0.25, 0.3) is 0 Å². The summed E-state index contributed by atoms with van der Waals surface area (Å²) in [5.74, 6) is 1.11. The average molecular weight is 173 g/mol. The Morgan fingerprint density at radius 2 is 1.42 bits per heavy atom. The van der Waals surface area contributed by atoms with Gasteiger partial charge in [-0.05, 0) is 44.8 Å². The molecule has 3 aliphatic rings. The van der Waals surface area contributed by atoms with Gasteiger partial charge in [0, 0.05) is 0 Å². The van der Waals surface area contributed by atoms with Crippen molar-refractivity contribution in [2.45, 2.75) is 19.3 Å². The molecule has 0 aliphatic carbocycles. The summed E-state index contributed by atoms with van der Waals surface area (Å²) in [6, 6.07) is 0. The molecule has 0 amide bonds. The minimum absolute atomic E-state index is 1.11. The molecule has 0 atom stereocenters. The minimum Gasteiger partial charge on any atom is -0.450 e. The molecule has 70 valence electrons. The van der Waals surface area contributed by atoms with Crippen LogP contribution in [0.2, 0.25) is 0 Å². The fourth-order valence-electron chi connectivity index (χ4n) is 1.86. The Kier molecular flexibility index (Phi) is 3.34. The Labute approximate surface area is 71.8 Å². The second-order valence-corrected chi connectivity index (χ2v) is 3.36. The van der Waals surface area contributed by atoms with Crippen LogP contribution in [0.3, 0.4) is 0 Å². The Balaban J connectivity index is 0.000000157. The monoisotopic (exact) mass is 173 g/mol. The van der Waals surface area contributed by atoms with Gasteiger partial charge < -0.3 is 15.1 Å². The van der Waals surface area contributed by atoms with Crippen molar-refractivity contribution in [2.75, 3.05) is 19.6 Å². The average Bonchev–Trinajstić information content (AvgIpc) is 2.07. The Morgan fingerprint density at radius 1 is 1.08 bits per heavy atom. The highest BCUT2D eigenvalue weighted by molar-refractivity contribution is 5.53. The Morgan fingerprint density at radius 3 is 1.50 bits per heavy atom. The van der Waals surface area contributed by atoms with Gasteiger partial charge in [0.2, 0.25) is 0 Å². The highest BCUT2D eigenvalue weighted by Crippen LogP contribution is 2.26. The van der Waals surface area contributed by atoms with E-state index in [0.717, 1.165) is 5.92 Å². The maximum Gasteiger partial charge on any atom is 0.503 e. The molecule has 3 heterocycles. The quantitative estimate of drug-likeness (QED) is 0.580. The zero-order valence-electron chi connectivity index (χ0n) is 7.07. The molecule has 0 aromatic rings. The van der Waals surface area contributed by atoms with E-state index in [1.807, 2.05) is 0 Å². The molecule has 0 saturated carbocycles. The Hall–Kier alpha value is -0.770. The molecule has 4 heteroatoms. The molecule has 0 aromatic carbocycles. The van der Waals surface area contributed by atoms with Crippen LogP contribution in [0.15, 0.2) is 0 Å². The van der Waals surface area contributed by atoms with E-state index in [9.17, 15) is 0 Å². The molecule has 0 aromatic heterocycles. The van der Waals surface area contributed by atoms with Gasteiger partial charge in [-0.2, -0.15) is 0 Å². The largest absolute Gasteiger partial charge is 0.503 e. The molecule has 0 radical (unpaired) electrons. The molecule has 2 N–H and O–H groups in total. The summed E-state index contributed by atoms with van der Waals surface area (Å²) < 4.78 is 0. The lowest BCUT2D eigenvalue weighted by Gasteiger charge is -2.38. The Bertz CT molecular complexity index is 125. The number of fused-ring (bicyclic) bond motifs is 3. The number of hydrogen-bond donors (Lipinski definition) is 2. The van der Waals surface area contributed by atoms with Crippen LogP contribution in [0.1, 0.15) is 19.3 Å². The standard InChI is InChI=1S/C7H13N.CH2O3/c1-4-8-5-2-7(1)3-6-8;2-1(3)4/h7H,1-6H2;(H2,2,3,4). The second-order valence-electron chi connectivity index (χ2n) is 3.36. The summed E-state index contributed by atoms with van der Waals surface area (Å²) in [5, 5.41) is 13.9. The van der Waals surface area contributed by atoms with Crippen LogP contribution in [-0.4, -0.2) is 40.9 Å². The molecule has 4 nitrogen and oxygen atoms in total. The van der Waals surface area contributed by atoms with E-state index >= 15 is 0 Å². The number of carboxylic acid groups (broad SMARTS) is 2. The van der Waals surface area contributed by atoms with Crippen molar-refractivity contribution in [3.05, 3.63) is 0 Å². The van der Waals surface area contributed by atoms with Crippen molar-refractivity contribution in [1.29, 1.82) is 0 Å². The first-order valence-electron chi connectivity index (χ1n) is 4.32. The molecule has 3 fully saturated rings. The number of piperidine rings is 3. The highest BCUT2D eigenvalue weighted by atomic mass is 16.6. The number of hydrogen-bond acceptors (Lipinski definition) is 2. The zero-order chi connectivity index (χ0) is 8.97. The van der Waals surface area contributed by atoms with Crippen LogP contribution in [-0.2, 0) is 0 Å². The fourth-order valence-corrected chi connectivity index (χ4v) is 1.86. The normalized spacial score (nSPS) is 32.0. The van der Waals surface area contributed by atoms with Gasteiger partial charge in [-0.15, -0.1) is 0 Å². The van der Waals surface area contributed by atoms with Gasteiger partial charge in [0.1, 0.15) is 0 Å². The predicted octanol–water partition coefficient (Wildman–Crippen LogP) is 1.32. The molecule has 0 unspecified atom stereocenters. The van der Waals surface area contributed by atoms with Crippen LogP contribution in [0.25, 0.3) is 0 Å². The fraction of sp³-hybridized carbons (Fsp3) is 0.875. The van der Waals surface area contributed by atoms with Gasteiger partial charge in [0.15, 0.2) is 0 Å². The van der Waals surface area contributed by atoms with Gasteiger partial charge in [0.05, 0.1) is 0 Å². The van der Waals surface area contributed by atoms with Crippen LogP contribution in [0.5, 0.6) is 0 Å². The first kappa shape index (κ1) is 9.32. The maximum atomic E-state index is 8.56. The van der Waals surface area contributed by atoms with Crippen LogP contribution < -0.4 is 0 Å². The smallest absolute Gasteiger partial charge is 0.450 e. The number of nitrogens with zero attached hydrogens (tertiary/aromatic N) is 1. The van der Waals surface area contributed by atoms with Gasteiger partial charge in [-0.3, -0.25) is 0 Å². The lowest BCUT2D eigenvalue weighted by Crippen LogP contribution is -2.41. The topological polar surface area (TPSA) is 60.8 Å². The lowest BCUT2D eigenvalue weighted by molar-refractivity contribution is 0.111. The molecule has 3 saturated heterocycles. The van der Waals surface area contributed by atoms with E-state index < -0.39 is 6.16 Å². The molecule has 12 heavy (non-hydrogen) atoms. The van der Waals surface area contributed by atoms with Crippen molar-refractivity contribution in [3.8, 4) is 0 Å². The summed E-state index contributed by atoms with van der Waals surface area (Å²) >= 11 is 0. The molecule has 2 bridgehead atoms. The van der Waals surface area contributed by atoms with E-state index in [2.05, 4.69) is 4.90 Å². The van der Waals surface area contributed by atoms with E-state index in [-0.39, 0.29) is 0 Å². The summed E-state index contributed by atoms with van der Waals surface area (Å²) in [4.78, 5) is 11.1.